The first kappa shape index (κ1) is 15.4. The van der Waals surface area contributed by atoms with Gasteiger partial charge in [0.2, 0.25) is 5.91 Å². The average Bonchev–Trinajstić information content (AvgIpc) is 2.50. The molecule has 2 rings (SSSR count). The van der Waals surface area contributed by atoms with Gasteiger partial charge >= 0.3 is 5.97 Å². The number of hydrogen-bond donors (Lipinski definition) is 1. The minimum absolute atomic E-state index is 0.00897. The Labute approximate surface area is 124 Å². The number of phenolic OH excluding ortho intramolecular Hbond substituents is 1. The third-order valence-electron chi connectivity index (χ3n) is 3.69. The van der Waals surface area contributed by atoms with E-state index in [2.05, 4.69) is 0 Å². The van der Waals surface area contributed by atoms with E-state index in [0.29, 0.717) is 19.7 Å². The second-order valence-corrected chi connectivity index (χ2v) is 5.27. The summed E-state index contributed by atoms with van der Waals surface area (Å²) in [5.41, 5.74) is 0.857. The number of likely N-dealkylation sites (tertiary alicyclic amines) is 1. The lowest BCUT2D eigenvalue weighted by atomic mass is 9.97. The van der Waals surface area contributed by atoms with Gasteiger partial charge in [-0.2, -0.15) is 0 Å². The molecule has 0 radical (unpaired) electrons. The van der Waals surface area contributed by atoms with Crippen molar-refractivity contribution in [3.8, 4) is 5.75 Å². The molecule has 5 nitrogen and oxygen atoms in total. The molecule has 1 aliphatic rings. The standard InChI is InChI=1S/C16H21NO4/c1-2-21-16(20)13-4-3-9-17(11-13)15(19)10-12-5-7-14(18)8-6-12/h5-8,13,18H,2-4,9-11H2,1H3/t13-/m0/s1. The molecule has 0 unspecified atom stereocenters. The molecule has 5 heteroatoms. The summed E-state index contributed by atoms with van der Waals surface area (Å²) in [4.78, 5) is 25.8. The quantitative estimate of drug-likeness (QED) is 0.858. The van der Waals surface area contributed by atoms with Crippen molar-refractivity contribution >= 4 is 11.9 Å². The van der Waals surface area contributed by atoms with Crippen LogP contribution in [0.1, 0.15) is 25.3 Å². The van der Waals surface area contributed by atoms with Crippen LogP contribution < -0.4 is 0 Å². The summed E-state index contributed by atoms with van der Waals surface area (Å²) in [6.07, 6.45) is 1.89. The first-order valence-electron chi connectivity index (χ1n) is 7.32. The number of hydrogen-bond acceptors (Lipinski definition) is 4. The monoisotopic (exact) mass is 291 g/mol. The first-order valence-corrected chi connectivity index (χ1v) is 7.32. The van der Waals surface area contributed by atoms with Crippen molar-refractivity contribution in [1.29, 1.82) is 0 Å². The third-order valence-corrected chi connectivity index (χ3v) is 3.69. The smallest absolute Gasteiger partial charge is 0.310 e. The molecule has 1 amide bonds. The van der Waals surface area contributed by atoms with Crippen molar-refractivity contribution in [1.82, 2.24) is 4.90 Å². The highest BCUT2D eigenvalue weighted by atomic mass is 16.5. The van der Waals surface area contributed by atoms with Crippen LogP contribution in [-0.4, -0.2) is 41.6 Å². The maximum Gasteiger partial charge on any atom is 0.310 e. The highest BCUT2D eigenvalue weighted by molar-refractivity contribution is 5.80. The van der Waals surface area contributed by atoms with Crippen LogP contribution in [0.5, 0.6) is 5.75 Å². The minimum Gasteiger partial charge on any atom is -0.508 e. The van der Waals surface area contributed by atoms with Crippen molar-refractivity contribution in [2.45, 2.75) is 26.2 Å². The lowest BCUT2D eigenvalue weighted by Crippen LogP contribution is -2.43. The molecule has 1 heterocycles. The number of phenols is 1. The molecule has 0 saturated carbocycles. The molecule has 1 fully saturated rings. The van der Waals surface area contributed by atoms with Crippen molar-refractivity contribution < 1.29 is 19.4 Å². The maximum absolute atomic E-state index is 12.3. The summed E-state index contributed by atoms with van der Waals surface area (Å²) < 4.78 is 5.04. The molecule has 1 N–H and O–H groups in total. The van der Waals surface area contributed by atoms with Crippen molar-refractivity contribution in [3.63, 3.8) is 0 Å². The fourth-order valence-corrected chi connectivity index (χ4v) is 2.56. The predicted octanol–water partition coefficient (Wildman–Crippen LogP) is 1.74. The second-order valence-electron chi connectivity index (χ2n) is 5.27. The number of amides is 1. The number of aromatic hydroxyl groups is 1. The number of piperidine rings is 1. The van der Waals surface area contributed by atoms with E-state index in [4.69, 9.17) is 4.74 Å². The molecule has 21 heavy (non-hydrogen) atoms. The number of esters is 1. The van der Waals surface area contributed by atoms with Gasteiger partial charge in [0.1, 0.15) is 5.75 Å². The van der Waals surface area contributed by atoms with E-state index in [1.807, 2.05) is 0 Å². The molecular weight excluding hydrogens is 270 g/mol. The summed E-state index contributed by atoms with van der Waals surface area (Å²) in [5, 5.41) is 9.24. The van der Waals surface area contributed by atoms with Crippen molar-refractivity contribution in [2.75, 3.05) is 19.7 Å². The maximum atomic E-state index is 12.3. The van der Waals surface area contributed by atoms with Gasteiger partial charge in [-0.15, -0.1) is 0 Å². The van der Waals surface area contributed by atoms with E-state index in [0.717, 1.165) is 18.4 Å². The summed E-state index contributed by atoms with van der Waals surface area (Å²) >= 11 is 0. The van der Waals surface area contributed by atoms with Crippen LogP contribution in [0.4, 0.5) is 0 Å². The Morgan fingerprint density at radius 2 is 2.05 bits per heavy atom. The van der Waals surface area contributed by atoms with Gasteiger partial charge < -0.3 is 14.7 Å². The molecule has 114 valence electrons. The number of carbonyl (C=O) groups is 2. The van der Waals surface area contributed by atoms with Gasteiger partial charge in [-0.05, 0) is 37.5 Å². The minimum atomic E-state index is -0.209. The average molecular weight is 291 g/mol. The van der Waals surface area contributed by atoms with Crippen LogP contribution in [0.3, 0.4) is 0 Å². The molecule has 0 aromatic heterocycles. The fourth-order valence-electron chi connectivity index (χ4n) is 2.56. The highest BCUT2D eigenvalue weighted by Gasteiger charge is 2.29. The van der Waals surface area contributed by atoms with Gasteiger partial charge in [-0.3, -0.25) is 9.59 Å². The van der Waals surface area contributed by atoms with Crippen LogP contribution in [0.25, 0.3) is 0 Å². The molecule has 1 aromatic carbocycles. The molecule has 1 aromatic rings. The van der Waals surface area contributed by atoms with Gasteiger partial charge in [-0.25, -0.2) is 0 Å². The lowest BCUT2D eigenvalue weighted by molar-refractivity contribution is -0.151. The van der Waals surface area contributed by atoms with E-state index in [1.54, 1.807) is 36.1 Å². The Morgan fingerprint density at radius 1 is 1.33 bits per heavy atom. The number of carbonyl (C=O) groups excluding carboxylic acids is 2. The zero-order valence-electron chi connectivity index (χ0n) is 12.2. The van der Waals surface area contributed by atoms with Crippen LogP contribution in [0.15, 0.2) is 24.3 Å². The molecule has 1 aliphatic heterocycles. The molecule has 0 spiro atoms. The van der Waals surface area contributed by atoms with E-state index in [1.165, 1.54) is 0 Å². The topological polar surface area (TPSA) is 66.8 Å². The highest BCUT2D eigenvalue weighted by Crippen LogP contribution is 2.19. The van der Waals surface area contributed by atoms with Crippen LogP contribution in [0, 0.1) is 5.92 Å². The number of nitrogens with zero attached hydrogens (tertiary/aromatic N) is 1. The SMILES string of the molecule is CCOC(=O)[C@H]1CCCN(C(=O)Cc2ccc(O)cc2)C1. The van der Waals surface area contributed by atoms with E-state index in [9.17, 15) is 14.7 Å². The van der Waals surface area contributed by atoms with E-state index < -0.39 is 0 Å². The number of benzene rings is 1. The summed E-state index contributed by atoms with van der Waals surface area (Å²) in [6, 6.07) is 6.61. The molecule has 0 aliphatic carbocycles. The van der Waals surface area contributed by atoms with Gasteiger partial charge in [-0.1, -0.05) is 12.1 Å². The first-order chi connectivity index (χ1) is 10.1. The Balaban J connectivity index is 1.92. The van der Waals surface area contributed by atoms with E-state index in [-0.39, 0.29) is 30.0 Å². The largest absolute Gasteiger partial charge is 0.508 e. The predicted molar refractivity (Wildman–Crippen MR) is 77.7 cm³/mol. The normalized spacial score (nSPS) is 18.3. The Kier molecular flexibility index (Phi) is 5.20. The number of rotatable bonds is 4. The van der Waals surface area contributed by atoms with Gasteiger partial charge in [0, 0.05) is 13.1 Å². The molecule has 1 saturated heterocycles. The van der Waals surface area contributed by atoms with Crippen LogP contribution in [-0.2, 0) is 20.7 Å². The van der Waals surface area contributed by atoms with Gasteiger partial charge in [0.25, 0.3) is 0 Å². The Bertz CT molecular complexity index is 498. The molecule has 1 atom stereocenters. The van der Waals surface area contributed by atoms with Crippen molar-refractivity contribution in [3.05, 3.63) is 29.8 Å². The zero-order valence-corrected chi connectivity index (χ0v) is 12.2. The summed E-state index contributed by atoms with van der Waals surface area (Å²) in [5.74, 6) is -0.219. The summed E-state index contributed by atoms with van der Waals surface area (Å²) in [7, 11) is 0. The van der Waals surface area contributed by atoms with E-state index >= 15 is 0 Å². The van der Waals surface area contributed by atoms with Gasteiger partial charge in [0.05, 0.1) is 18.9 Å². The summed E-state index contributed by atoms with van der Waals surface area (Å²) in [6.45, 7) is 3.29. The molecule has 0 bridgehead atoms. The fraction of sp³-hybridized carbons (Fsp3) is 0.500. The van der Waals surface area contributed by atoms with Crippen LogP contribution in [0.2, 0.25) is 0 Å². The Hall–Kier alpha value is -2.04. The zero-order chi connectivity index (χ0) is 15.2. The Morgan fingerprint density at radius 3 is 2.71 bits per heavy atom. The molecular formula is C16H21NO4. The number of ether oxygens (including phenoxy) is 1. The van der Waals surface area contributed by atoms with Crippen LogP contribution >= 0.6 is 0 Å². The van der Waals surface area contributed by atoms with Gasteiger partial charge in [0.15, 0.2) is 0 Å². The lowest BCUT2D eigenvalue weighted by Gasteiger charge is -2.31. The third kappa shape index (κ3) is 4.21. The van der Waals surface area contributed by atoms with Crippen molar-refractivity contribution in [2.24, 2.45) is 5.92 Å². The second kappa shape index (κ2) is 7.11.